The van der Waals surface area contributed by atoms with Gasteiger partial charge in [-0.2, -0.15) is 28.9 Å². The van der Waals surface area contributed by atoms with E-state index < -0.39 is 10.4 Å². The van der Waals surface area contributed by atoms with E-state index in [4.69, 9.17) is 9.29 Å². The zero-order valence-corrected chi connectivity index (χ0v) is 20.8. The third kappa shape index (κ3) is 9.38. The summed E-state index contributed by atoms with van der Waals surface area (Å²) in [6.45, 7) is 1.53. The van der Waals surface area contributed by atoms with Crippen LogP contribution in [-0.4, -0.2) is 26.2 Å². The molecule has 0 aliphatic carbocycles. The molecular formula is C21H19N4NaO6S. The number of rotatable bonds is 9. The number of hydrogen-bond acceptors (Lipinski definition) is 9. The average molecular weight is 478 g/mol. The molecule has 0 saturated heterocycles. The van der Waals surface area contributed by atoms with Crippen molar-refractivity contribution in [1.82, 2.24) is 0 Å². The van der Waals surface area contributed by atoms with Crippen molar-refractivity contribution in [2.24, 2.45) is 20.5 Å². The van der Waals surface area contributed by atoms with Crippen molar-refractivity contribution >= 4 is 33.1 Å². The van der Waals surface area contributed by atoms with Gasteiger partial charge < -0.3 is 9.84 Å². The van der Waals surface area contributed by atoms with E-state index in [2.05, 4.69) is 24.6 Å². The predicted molar refractivity (Wildman–Crippen MR) is 115 cm³/mol. The minimum Gasteiger partial charge on any atom is -0.872 e. The summed E-state index contributed by atoms with van der Waals surface area (Å²) in [5.41, 5.74) is 3.27. The van der Waals surface area contributed by atoms with Gasteiger partial charge in [0.15, 0.2) is 0 Å². The number of benzene rings is 3. The maximum atomic E-state index is 11.1. The van der Waals surface area contributed by atoms with Crippen LogP contribution in [0.2, 0.25) is 0 Å². The second-order valence-corrected chi connectivity index (χ2v) is 7.55. The first-order chi connectivity index (χ1) is 15.3. The minimum atomic E-state index is -4.48. The first-order valence-corrected chi connectivity index (χ1v) is 10.7. The number of hydrogen-bond donors (Lipinski definition) is 1. The molecule has 0 aromatic heterocycles. The van der Waals surface area contributed by atoms with Crippen LogP contribution in [-0.2, 0) is 14.6 Å². The molecule has 0 amide bonds. The maximum absolute atomic E-state index is 11.1. The molecule has 12 heteroatoms. The fourth-order valence-corrected chi connectivity index (χ4v) is 2.69. The Morgan fingerprint density at radius 1 is 0.818 bits per heavy atom. The van der Waals surface area contributed by atoms with Gasteiger partial charge in [-0.25, -0.2) is 4.18 Å². The molecule has 0 bridgehead atoms. The van der Waals surface area contributed by atoms with Gasteiger partial charge in [0.05, 0.1) is 22.7 Å². The van der Waals surface area contributed by atoms with Gasteiger partial charge in [-0.15, -0.1) is 5.75 Å². The Bertz CT molecular complexity index is 1220. The van der Waals surface area contributed by atoms with Gasteiger partial charge in [-0.05, 0) is 61.0 Å². The summed E-state index contributed by atoms with van der Waals surface area (Å²) in [6.07, 6.45) is 0. The second kappa shape index (κ2) is 12.5. The molecule has 0 aliphatic heterocycles. The summed E-state index contributed by atoms with van der Waals surface area (Å²) < 4.78 is 38.9. The van der Waals surface area contributed by atoms with E-state index in [9.17, 15) is 13.5 Å². The fraction of sp³-hybridized carbons (Fsp3) is 0.143. The van der Waals surface area contributed by atoms with Crippen LogP contribution in [0.15, 0.2) is 87.2 Å². The average Bonchev–Trinajstić information content (AvgIpc) is 2.76. The molecule has 166 valence electrons. The Morgan fingerprint density at radius 2 is 1.36 bits per heavy atom. The van der Waals surface area contributed by atoms with Crippen molar-refractivity contribution in [2.45, 2.75) is 6.92 Å². The zero-order chi connectivity index (χ0) is 23.0. The van der Waals surface area contributed by atoms with Crippen molar-refractivity contribution in [3.05, 3.63) is 72.3 Å². The molecule has 1 N–H and O–H groups in total. The number of nitrogens with zero attached hydrogens (tertiary/aromatic N) is 4. The van der Waals surface area contributed by atoms with Crippen molar-refractivity contribution in [3.63, 3.8) is 0 Å². The summed E-state index contributed by atoms with van der Waals surface area (Å²) in [5.74, 6) is 0.388. The molecule has 0 radical (unpaired) electrons. The van der Waals surface area contributed by atoms with Gasteiger partial charge in [0, 0.05) is 0 Å². The van der Waals surface area contributed by atoms with Gasteiger partial charge in [0.1, 0.15) is 19.0 Å². The summed E-state index contributed by atoms with van der Waals surface area (Å²) in [6, 6.07) is 18.1. The Hall–Kier alpha value is -2.67. The molecule has 3 rings (SSSR count). The SMILES string of the molecule is Cc1ccc(N=Nc2ccc([O-])cc2)cc1N=Nc1ccc(OCCOS(=O)(=O)O)cc1.[Na+]. The van der Waals surface area contributed by atoms with Crippen LogP contribution in [0.4, 0.5) is 22.7 Å². The monoisotopic (exact) mass is 478 g/mol. The maximum Gasteiger partial charge on any atom is 1.00 e. The van der Waals surface area contributed by atoms with Crippen molar-refractivity contribution in [1.29, 1.82) is 0 Å². The third-order valence-corrected chi connectivity index (χ3v) is 4.47. The van der Waals surface area contributed by atoms with Gasteiger partial charge in [0.25, 0.3) is 0 Å². The van der Waals surface area contributed by atoms with Gasteiger partial charge >= 0.3 is 40.0 Å². The number of azo groups is 2. The molecule has 3 aromatic carbocycles. The first-order valence-electron chi connectivity index (χ1n) is 9.34. The molecule has 3 aromatic rings. The van der Waals surface area contributed by atoms with Gasteiger partial charge in [-0.3, -0.25) is 4.55 Å². The second-order valence-electron chi connectivity index (χ2n) is 6.46. The molecule has 0 unspecified atom stereocenters. The van der Waals surface area contributed by atoms with Crippen molar-refractivity contribution in [3.8, 4) is 11.5 Å². The van der Waals surface area contributed by atoms with E-state index in [1.807, 2.05) is 13.0 Å². The summed E-state index contributed by atoms with van der Waals surface area (Å²) >= 11 is 0. The van der Waals surface area contributed by atoms with Crippen LogP contribution in [0.3, 0.4) is 0 Å². The van der Waals surface area contributed by atoms with Gasteiger partial charge in [0.2, 0.25) is 0 Å². The summed E-state index contributed by atoms with van der Waals surface area (Å²) in [7, 11) is -4.48. The first kappa shape index (κ1) is 26.6. The normalized spacial score (nSPS) is 11.6. The molecule has 33 heavy (non-hydrogen) atoms. The third-order valence-electron chi connectivity index (χ3n) is 4.00. The zero-order valence-electron chi connectivity index (χ0n) is 18.0. The number of aryl methyl sites for hydroxylation is 1. The van der Waals surface area contributed by atoms with E-state index in [-0.39, 0.29) is 48.5 Å². The van der Waals surface area contributed by atoms with E-state index in [0.29, 0.717) is 28.5 Å². The standard InChI is InChI=1S/C21H20N4O6S.Na/c1-15-2-3-18(24-22-16-4-8-19(26)9-5-16)14-21(15)25-23-17-6-10-20(11-7-17)30-12-13-31-32(27,28)29;/h2-11,14,26H,12-13H2,1H3,(H,27,28,29);/q;+1/p-1. The molecule has 0 fully saturated rings. The molecule has 0 saturated carbocycles. The van der Waals surface area contributed by atoms with Crippen molar-refractivity contribution < 1.29 is 56.6 Å². The molecule has 0 atom stereocenters. The molecular weight excluding hydrogens is 459 g/mol. The topological polar surface area (TPSA) is 145 Å². The van der Waals surface area contributed by atoms with Crippen LogP contribution in [0, 0.1) is 6.92 Å². The minimum absolute atomic E-state index is 0. The van der Waals surface area contributed by atoms with Crippen LogP contribution in [0.5, 0.6) is 11.5 Å². The summed E-state index contributed by atoms with van der Waals surface area (Å²) in [5, 5.41) is 27.9. The molecule has 10 nitrogen and oxygen atoms in total. The molecule has 0 heterocycles. The van der Waals surface area contributed by atoms with Gasteiger partial charge in [-0.1, -0.05) is 18.2 Å². The number of ether oxygens (including phenoxy) is 1. The largest absolute Gasteiger partial charge is 1.00 e. The van der Waals surface area contributed by atoms with E-state index in [0.717, 1.165) is 5.56 Å². The smallest absolute Gasteiger partial charge is 0.872 e. The van der Waals surface area contributed by atoms with Crippen LogP contribution < -0.4 is 39.4 Å². The van der Waals surface area contributed by atoms with Crippen LogP contribution in [0.25, 0.3) is 0 Å². The van der Waals surface area contributed by atoms with E-state index in [1.54, 1.807) is 48.5 Å². The van der Waals surface area contributed by atoms with Crippen LogP contribution >= 0.6 is 0 Å². The fourth-order valence-electron chi connectivity index (χ4n) is 2.42. The molecule has 0 spiro atoms. The van der Waals surface area contributed by atoms with E-state index >= 15 is 0 Å². The Labute approximate surface area is 213 Å². The quantitative estimate of drug-likeness (QED) is 0.216. The predicted octanol–water partition coefficient (Wildman–Crippen LogP) is 2.10. The Kier molecular flexibility index (Phi) is 10.1. The Morgan fingerprint density at radius 3 is 2.00 bits per heavy atom. The van der Waals surface area contributed by atoms with Crippen molar-refractivity contribution in [2.75, 3.05) is 13.2 Å². The molecule has 0 aliphatic rings. The summed E-state index contributed by atoms with van der Waals surface area (Å²) in [4.78, 5) is 0. The van der Waals surface area contributed by atoms with E-state index in [1.165, 1.54) is 12.1 Å². The van der Waals surface area contributed by atoms with Crippen LogP contribution in [0.1, 0.15) is 5.56 Å². The Balaban J connectivity index is 0.00000385.